The first-order valence-corrected chi connectivity index (χ1v) is 7.55. The summed E-state index contributed by atoms with van der Waals surface area (Å²) in [5, 5.41) is 3.77. The van der Waals surface area contributed by atoms with E-state index >= 15 is 0 Å². The second kappa shape index (κ2) is 5.89. The molecule has 0 aromatic rings. The van der Waals surface area contributed by atoms with Gasteiger partial charge in [-0.05, 0) is 44.2 Å². The zero-order valence-electron chi connectivity index (χ0n) is 12.2. The second-order valence-electron chi connectivity index (χ2n) is 6.78. The van der Waals surface area contributed by atoms with E-state index in [0.717, 1.165) is 31.3 Å². The molecule has 106 valence electrons. The Hall–Kier alpha value is -0.120. The summed E-state index contributed by atoms with van der Waals surface area (Å²) >= 11 is 0. The van der Waals surface area contributed by atoms with Crippen molar-refractivity contribution in [3.63, 3.8) is 0 Å². The van der Waals surface area contributed by atoms with Gasteiger partial charge in [-0.2, -0.15) is 0 Å². The van der Waals surface area contributed by atoms with Crippen molar-refractivity contribution in [3.8, 4) is 0 Å². The molecule has 3 nitrogen and oxygen atoms in total. The summed E-state index contributed by atoms with van der Waals surface area (Å²) in [7, 11) is 1.83. The molecule has 0 heterocycles. The van der Waals surface area contributed by atoms with Crippen molar-refractivity contribution in [3.05, 3.63) is 0 Å². The van der Waals surface area contributed by atoms with Gasteiger partial charge in [-0.25, -0.2) is 0 Å². The molecular weight excluding hydrogens is 224 g/mol. The minimum absolute atomic E-state index is 0.279. The molecule has 4 unspecified atom stereocenters. The predicted octanol–water partition coefficient (Wildman–Crippen LogP) is 2.15. The summed E-state index contributed by atoms with van der Waals surface area (Å²) in [6.45, 7) is 6.63. The van der Waals surface area contributed by atoms with Crippen molar-refractivity contribution >= 4 is 0 Å². The summed E-state index contributed by atoms with van der Waals surface area (Å²) in [6, 6.07) is 0.614. The highest BCUT2D eigenvalue weighted by Gasteiger charge is 2.48. The minimum atomic E-state index is 0.279. The van der Waals surface area contributed by atoms with Crippen LogP contribution in [0.4, 0.5) is 0 Å². The lowest BCUT2D eigenvalue weighted by Gasteiger charge is -2.52. The number of rotatable bonds is 5. The number of hydrogen-bond acceptors (Lipinski definition) is 3. The Morgan fingerprint density at radius 2 is 1.89 bits per heavy atom. The number of methoxy groups -OCH3 is 1. The van der Waals surface area contributed by atoms with Gasteiger partial charge in [0.05, 0.1) is 6.10 Å². The molecular formula is C15H30N2O. The van der Waals surface area contributed by atoms with E-state index in [1.807, 2.05) is 7.11 Å². The van der Waals surface area contributed by atoms with Crippen LogP contribution in [0, 0.1) is 17.3 Å². The molecule has 2 fully saturated rings. The van der Waals surface area contributed by atoms with Crippen molar-refractivity contribution < 1.29 is 4.74 Å². The van der Waals surface area contributed by atoms with E-state index < -0.39 is 0 Å². The third-order valence-electron chi connectivity index (χ3n) is 5.46. The summed E-state index contributed by atoms with van der Waals surface area (Å²) in [5.41, 5.74) is 6.18. The van der Waals surface area contributed by atoms with E-state index in [0.29, 0.717) is 12.1 Å². The molecule has 0 aromatic heterocycles. The molecule has 2 aliphatic carbocycles. The third-order valence-corrected chi connectivity index (χ3v) is 5.46. The molecule has 0 amide bonds. The molecule has 0 bridgehead atoms. The Morgan fingerprint density at radius 1 is 1.22 bits per heavy atom. The van der Waals surface area contributed by atoms with Crippen LogP contribution in [0.3, 0.4) is 0 Å². The maximum atomic E-state index is 5.90. The van der Waals surface area contributed by atoms with E-state index in [4.69, 9.17) is 10.5 Å². The first-order valence-electron chi connectivity index (χ1n) is 7.55. The van der Waals surface area contributed by atoms with Crippen LogP contribution in [0.1, 0.15) is 46.0 Å². The van der Waals surface area contributed by atoms with Gasteiger partial charge in [-0.3, -0.25) is 0 Å². The molecule has 2 rings (SSSR count). The average molecular weight is 254 g/mol. The van der Waals surface area contributed by atoms with Gasteiger partial charge in [0.15, 0.2) is 0 Å². The SMILES string of the molecule is COC1CC(NCC2CCCCC2CN)C1(C)C. The van der Waals surface area contributed by atoms with Crippen LogP contribution in [-0.4, -0.2) is 32.3 Å². The molecule has 4 atom stereocenters. The van der Waals surface area contributed by atoms with Crippen LogP contribution in [0.2, 0.25) is 0 Å². The van der Waals surface area contributed by atoms with Crippen molar-refractivity contribution in [1.29, 1.82) is 0 Å². The van der Waals surface area contributed by atoms with E-state index in [2.05, 4.69) is 19.2 Å². The molecule has 0 aliphatic heterocycles. The molecule has 2 saturated carbocycles. The van der Waals surface area contributed by atoms with Gasteiger partial charge in [0, 0.05) is 18.6 Å². The fraction of sp³-hybridized carbons (Fsp3) is 1.00. The Balaban J connectivity index is 1.78. The largest absolute Gasteiger partial charge is 0.381 e. The predicted molar refractivity (Wildman–Crippen MR) is 75.5 cm³/mol. The highest BCUT2D eigenvalue weighted by molar-refractivity contribution is 5.02. The lowest BCUT2D eigenvalue weighted by Crippen LogP contribution is -2.61. The van der Waals surface area contributed by atoms with Crippen molar-refractivity contribution in [1.82, 2.24) is 5.32 Å². The number of ether oxygens (including phenoxy) is 1. The minimum Gasteiger partial charge on any atom is -0.381 e. The highest BCUT2D eigenvalue weighted by atomic mass is 16.5. The standard InChI is InChI=1S/C15H30N2O/c1-15(2)13(8-14(15)18-3)17-10-12-7-5-4-6-11(12)9-16/h11-14,17H,4-10,16H2,1-3H3. The van der Waals surface area contributed by atoms with Crippen LogP contribution in [0.15, 0.2) is 0 Å². The Bertz CT molecular complexity index is 267. The molecule has 18 heavy (non-hydrogen) atoms. The fourth-order valence-corrected chi connectivity index (χ4v) is 3.79. The number of hydrogen-bond donors (Lipinski definition) is 2. The molecule has 3 heteroatoms. The van der Waals surface area contributed by atoms with Crippen molar-refractivity contribution in [2.24, 2.45) is 23.0 Å². The van der Waals surface area contributed by atoms with Crippen LogP contribution in [0.25, 0.3) is 0 Å². The number of nitrogens with one attached hydrogen (secondary N) is 1. The van der Waals surface area contributed by atoms with Gasteiger partial charge >= 0.3 is 0 Å². The lowest BCUT2D eigenvalue weighted by atomic mass is 9.64. The molecule has 3 N–H and O–H groups in total. The first-order chi connectivity index (χ1) is 8.59. The van der Waals surface area contributed by atoms with Crippen LogP contribution >= 0.6 is 0 Å². The van der Waals surface area contributed by atoms with Gasteiger partial charge in [-0.1, -0.05) is 26.7 Å². The molecule has 0 saturated heterocycles. The smallest absolute Gasteiger partial charge is 0.0652 e. The highest BCUT2D eigenvalue weighted by Crippen LogP contribution is 2.42. The van der Waals surface area contributed by atoms with Crippen LogP contribution in [0.5, 0.6) is 0 Å². The topological polar surface area (TPSA) is 47.3 Å². The van der Waals surface area contributed by atoms with E-state index in [1.54, 1.807) is 0 Å². The van der Waals surface area contributed by atoms with Gasteiger partial charge in [0.25, 0.3) is 0 Å². The lowest BCUT2D eigenvalue weighted by molar-refractivity contribution is -0.0987. The molecule has 0 aromatic carbocycles. The quantitative estimate of drug-likeness (QED) is 0.790. The number of nitrogens with two attached hydrogens (primary N) is 1. The van der Waals surface area contributed by atoms with Crippen LogP contribution in [-0.2, 0) is 4.74 Å². The average Bonchev–Trinajstić information content (AvgIpc) is 2.38. The van der Waals surface area contributed by atoms with Gasteiger partial charge in [0.1, 0.15) is 0 Å². The summed E-state index contributed by atoms with van der Waals surface area (Å²) in [4.78, 5) is 0. The molecule has 0 spiro atoms. The van der Waals surface area contributed by atoms with Gasteiger partial charge in [-0.15, -0.1) is 0 Å². The maximum absolute atomic E-state index is 5.90. The van der Waals surface area contributed by atoms with Crippen molar-refractivity contribution in [2.45, 2.75) is 58.1 Å². The first kappa shape index (κ1) is 14.3. The van der Waals surface area contributed by atoms with E-state index in [9.17, 15) is 0 Å². The zero-order chi connectivity index (χ0) is 13.2. The van der Waals surface area contributed by atoms with Gasteiger partial charge < -0.3 is 15.8 Å². The normalized spacial score (nSPS) is 39.3. The second-order valence-corrected chi connectivity index (χ2v) is 6.78. The Morgan fingerprint density at radius 3 is 2.44 bits per heavy atom. The maximum Gasteiger partial charge on any atom is 0.0652 e. The molecule has 2 aliphatic rings. The van der Waals surface area contributed by atoms with E-state index in [1.165, 1.54) is 25.7 Å². The molecule has 0 radical (unpaired) electrons. The Labute approximate surface area is 112 Å². The zero-order valence-corrected chi connectivity index (χ0v) is 12.2. The fourth-order valence-electron chi connectivity index (χ4n) is 3.79. The summed E-state index contributed by atoms with van der Waals surface area (Å²) < 4.78 is 5.51. The van der Waals surface area contributed by atoms with Gasteiger partial charge in [0.2, 0.25) is 0 Å². The Kier molecular flexibility index (Phi) is 4.68. The summed E-state index contributed by atoms with van der Waals surface area (Å²) in [5.74, 6) is 1.54. The van der Waals surface area contributed by atoms with E-state index in [-0.39, 0.29) is 5.41 Å². The van der Waals surface area contributed by atoms with Crippen LogP contribution < -0.4 is 11.1 Å². The monoisotopic (exact) mass is 254 g/mol. The summed E-state index contributed by atoms with van der Waals surface area (Å²) in [6.07, 6.45) is 7.03. The third kappa shape index (κ3) is 2.73. The van der Waals surface area contributed by atoms with Crippen molar-refractivity contribution in [2.75, 3.05) is 20.2 Å².